The molecule has 2 aromatic rings. The van der Waals surface area contributed by atoms with Crippen LogP contribution in [0.25, 0.3) is 0 Å². The Morgan fingerprint density at radius 3 is 2.07 bits per heavy atom. The maximum atomic E-state index is 10.4. The van der Waals surface area contributed by atoms with E-state index in [0.29, 0.717) is 23.8 Å². The number of β-amino-alcohol motifs (C(OH)–C–C–N with tert-alkyl or cyclic N) is 1. The van der Waals surface area contributed by atoms with Gasteiger partial charge in [-0.1, -0.05) is 36.4 Å². The fraction of sp³-hybridized carbons (Fsp3) is 0.455. The van der Waals surface area contributed by atoms with E-state index < -0.39 is 6.10 Å². The van der Waals surface area contributed by atoms with Crippen molar-refractivity contribution in [2.24, 2.45) is 0 Å². The molecule has 28 heavy (non-hydrogen) atoms. The first-order valence-electron chi connectivity index (χ1n) is 9.70. The lowest BCUT2D eigenvalue weighted by atomic mass is 10.2. The second-order valence-corrected chi connectivity index (χ2v) is 7.02. The number of methoxy groups -OCH3 is 2. The summed E-state index contributed by atoms with van der Waals surface area (Å²) in [5.74, 6) is 1.72. The van der Waals surface area contributed by atoms with Gasteiger partial charge in [-0.3, -0.25) is 9.80 Å². The van der Waals surface area contributed by atoms with E-state index in [0.717, 1.165) is 32.7 Å². The van der Waals surface area contributed by atoms with Crippen LogP contribution in [-0.4, -0.2) is 74.6 Å². The van der Waals surface area contributed by atoms with Crippen molar-refractivity contribution in [2.75, 3.05) is 53.6 Å². The molecule has 2 aromatic carbocycles. The van der Waals surface area contributed by atoms with Gasteiger partial charge in [-0.15, -0.1) is 0 Å². The summed E-state index contributed by atoms with van der Waals surface area (Å²) in [5, 5.41) is 10.4. The number of benzene rings is 2. The van der Waals surface area contributed by atoms with Gasteiger partial charge in [0.1, 0.15) is 12.7 Å². The smallest absolute Gasteiger partial charge is 0.203 e. The van der Waals surface area contributed by atoms with Gasteiger partial charge >= 0.3 is 0 Å². The minimum absolute atomic E-state index is 0.195. The summed E-state index contributed by atoms with van der Waals surface area (Å²) in [6, 6.07) is 16.0. The summed E-state index contributed by atoms with van der Waals surface area (Å²) < 4.78 is 16.5. The molecule has 1 unspecified atom stereocenters. The van der Waals surface area contributed by atoms with Gasteiger partial charge in [-0.05, 0) is 17.7 Å². The molecule has 0 amide bonds. The van der Waals surface area contributed by atoms with Crippen molar-refractivity contribution in [1.82, 2.24) is 9.80 Å². The van der Waals surface area contributed by atoms with Crippen molar-refractivity contribution in [2.45, 2.75) is 12.6 Å². The number of aliphatic hydroxyl groups excluding tert-OH is 1. The second kappa shape index (κ2) is 10.3. The lowest BCUT2D eigenvalue weighted by molar-refractivity contribution is 0.0434. The highest BCUT2D eigenvalue weighted by Gasteiger charge is 2.20. The molecule has 152 valence electrons. The summed E-state index contributed by atoms with van der Waals surface area (Å²) in [6.45, 7) is 5.67. The van der Waals surface area contributed by atoms with Crippen molar-refractivity contribution in [3.63, 3.8) is 0 Å². The minimum Gasteiger partial charge on any atom is -0.493 e. The molecule has 0 saturated carbocycles. The summed E-state index contributed by atoms with van der Waals surface area (Å²) in [7, 11) is 3.18. The van der Waals surface area contributed by atoms with E-state index in [1.165, 1.54) is 5.56 Å². The molecular formula is C22H30N2O4. The predicted octanol–water partition coefficient (Wildman–Crippen LogP) is 2.26. The molecule has 1 fully saturated rings. The fourth-order valence-electron chi connectivity index (χ4n) is 3.46. The standard InChI is InChI=1S/C22H30N2O4/c1-26-20-9-6-10-21(27-2)22(20)28-17-19(25)16-24-13-11-23(12-14-24)15-18-7-4-3-5-8-18/h3-10,19,25H,11-17H2,1-2H3. The Kier molecular flexibility index (Phi) is 7.54. The summed E-state index contributed by atoms with van der Waals surface area (Å²) in [4.78, 5) is 4.74. The van der Waals surface area contributed by atoms with Crippen LogP contribution >= 0.6 is 0 Å². The number of hydrogen-bond acceptors (Lipinski definition) is 6. The normalized spacial score (nSPS) is 16.5. The molecule has 0 radical (unpaired) electrons. The molecule has 0 spiro atoms. The third kappa shape index (κ3) is 5.61. The molecule has 0 aliphatic carbocycles. The topological polar surface area (TPSA) is 54.4 Å². The number of nitrogens with zero attached hydrogens (tertiary/aromatic N) is 2. The second-order valence-electron chi connectivity index (χ2n) is 7.02. The summed E-state index contributed by atoms with van der Waals surface area (Å²) >= 11 is 0. The Labute approximate surface area is 167 Å². The molecule has 3 rings (SSSR count). The molecular weight excluding hydrogens is 356 g/mol. The van der Waals surface area contributed by atoms with E-state index in [-0.39, 0.29) is 6.61 Å². The first-order chi connectivity index (χ1) is 13.7. The van der Waals surface area contributed by atoms with Crippen LogP contribution in [-0.2, 0) is 6.54 Å². The third-order valence-electron chi connectivity index (χ3n) is 4.99. The van der Waals surface area contributed by atoms with E-state index in [1.54, 1.807) is 14.2 Å². The number of hydrogen-bond donors (Lipinski definition) is 1. The van der Waals surface area contributed by atoms with Crippen molar-refractivity contribution in [3.8, 4) is 17.2 Å². The zero-order valence-corrected chi connectivity index (χ0v) is 16.7. The Morgan fingerprint density at radius 1 is 0.857 bits per heavy atom. The molecule has 1 atom stereocenters. The van der Waals surface area contributed by atoms with Crippen LogP contribution < -0.4 is 14.2 Å². The third-order valence-corrected chi connectivity index (χ3v) is 4.99. The molecule has 1 aliphatic heterocycles. The molecule has 1 heterocycles. The average Bonchev–Trinajstić information content (AvgIpc) is 2.74. The zero-order chi connectivity index (χ0) is 19.8. The highest BCUT2D eigenvalue weighted by Crippen LogP contribution is 2.36. The van der Waals surface area contributed by atoms with Gasteiger partial charge in [0, 0.05) is 39.3 Å². The maximum Gasteiger partial charge on any atom is 0.203 e. The lowest BCUT2D eigenvalue weighted by Gasteiger charge is -2.35. The van der Waals surface area contributed by atoms with Gasteiger partial charge in [-0.2, -0.15) is 0 Å². The fourth-order valence-corrected chi connectivity index (χ4v) is 3.46. The Bertz CT molecular complexity index is 695. The summed E-state index contributed by atoms with van der Waals surface area (Å²) in [5.41, 5.74) is 1.34. The SMILES string of the molecule is COc1cccc(OC)c1OCC(O)CN1CCN(Cc2ccccc2)CC1. The van der Waals surface area contributed by atoms with Gasteiger partial charge in [0.2, 0.25) is 5.75 Å². The summed E-state index contributed by atoms with van der Waals surface area (Å²) in [6.07, 6.45) is -0.574. The lowest BCUT2D eigenvalue weighted by Crippen LogP contribution is -2.48. The molecule has 0 bridgehead atoms. The van der Waals surface area contributed by atoms with Crippen molar-refractivity contribution in [3.05, 3.63) is 54.1 Å². The minimum atomic E-state index is -0.574. The van der Waals surface area contributed by atoms with Gasteiger partial charge in [0.15, 0.2) is 11.5 Å². The first-order valence-corrected chi connectivity index (χ1v) is 9.70. The van der Waals surface area contributed by atoms with Gasteiger partial charge < -0.3 is 19.3 Å². The maximum absolute atomic E-state index is 10.4. The zero-order valence-electron chi connectivity index (χ0n) is 16.7. The van der Waals surface area contributed by atoms with E-state index >= 15 is 0 Å². The van der Waals surface area contributed by atoms with Crippen LogP contribution in [0.15, 0.2) is 48.5 Å². The predicted molar refractivity (Wildman–Crippen MR) is 109 cm³/mol. The Hall–Kier alpha value is -2.28. The number of para-hydroxylation sites is 1. The highest BCUT2D eigenvalue weighted by molar-refractivity contribution is 5.51. The van der Waals surface area contributed by atoms with Crippen molar-refractivity contribution >= 4 is 0 Å². The average molecular weight is 386 g/mol. The van der Waals surface area contributed by atoms with Gasteiger partial charge in [-0.25, -0.2) is 0 Å². The van der Waals surface area contributed by atoms with Crippen LogP contribution in [0.4, 0.5) is 0 Å². The molecule has 1 saturated heterocycles. The largest absolute Gasteiger partial charge is 0.493 e. The molecule has 1 aliphatic rings. The van der Waals surface area contributed by atoms with Crippen LogP contribution in [0.2, 0.25) is 0 Å². The van der Waals surface area contributed by atoms with Gasteiger partial charge in [0.25, 0.3) is 0 Å². The van der Waals surface area contributed by atoms with Gasteiger partial charge in [0.05, 0.1) is 14.2 Å². The highest BCUT2D eigenvalue weighted by atomic mass is 16.5. The van der Waals surface area contributed by atoms with Crippen LogP contribution in [0.5, 0.6) is 17.2 Å². The molecule has 6 heteroatoms. The van der Waals surface area contributed by atoms with Crippen molar-refractivity contribution < 1.29 is 19.3 Å². The van der Waals surface area contributed by atoms with Crippen LogP contribution in [0, 0.1) is 0 Å². The van der Waals surface area contributed by atoms with Crippen LogP contribution in [0.3, 0.4) is 0 Å². The monoisotopic (exact) mass is 386 g/mol. The number of ether oxygens (including phenoxy) is 3. The first kappa shape index (κ1) is 20.5. The Balaban J connectivity index is 1.43. The Morgan fingerprint density at radius 2 is 1.46 bits per heavy atom. The molecule has 1 N–H and O–H groups in total. The van der Waals surface area contributed by atoms with Crippen molar-refractivity contribution in [1.29, 1.82) is 0 Å². The number of rotatable bonds is 9. The molecule has 6 nitrogen and oxygen atoms in total. The van der Waals surface area contributed by atoms with Crippen LogP contribution in [0.1, 0.15) is 5.56 Å². The molecule has 0 aromatic heterocycles. The quantitative estimate of drug-likeness (QED) is 0.714. The van der Waals surface area contributed by atoms with E-state index in [4.69, 9.17) is 14.2 Å². The number of aliphatic hydroxyl groups is 1. The number of piperazine rings is 1. The van der Waals surface area contributed by atoms with E-state index in [1.807, 2.05) is 24.3 Å². The van der Waals surface area contributed by atoms with E-state index in [2.05, 4.69) is 34.1 Å². The van der Waals surface area contributed by atoms with E-state index in [9.17, 15) is 5.11 Å².